The molecule has 6 nitrogen and oxygen atoms in total. The summed E-state index contributed by atoms with van der Waals surface area (Å²) in [7, 11) is 0. The monoisotopic (exact) mass is 435 g/mol. The summed E-state index contributed by atoms with van der Waals surface area (Å²) in [5.41, 5.74) is 4.43. The zero-order valence-electron chi connectivity index (χ0n) is 18.2. The van der Waals surface area contributed by atoms with Crippen LogP contribution in [0.5, 0.6) is 0 Å². The Bertz CT molecular complexity index is 998. The number of amides is 1. The molecule has 1 fully saturated rings. The maximum atomic E-state index is 12.5. The molecular formula is C24H29N5OS. The fraction of sp³-hybridized carbons (Fsp3) is 0.375. The van der Waals surface area contributed by atoms with Crippen LogP contribution in [0.4, 0.5) is 10.8 Å². The minimum atomic E-state index is -0.00785. The molecule has 0 bridgehead atoms. The second-order valence-corrected chi connectivity index (χ2v) is 8.70. The number of carbonyl (C=O) groups is 1. The van der Waals surface area contributed by atoms with E-state index in [1.165, 1.54) is 5.56 Å². The van der Waals surface area contributed by atoms with Crippen LogP contribution in [0.3, 0.4) is 0 Å². The van der Waals surface area contributed by atoms with Gasteiger partial charge < -0.3 is 0 Å². The van der Waals surface area contributed by atoms with Crippen molar-refractivity contribution in [2.24, 2.45) is 0 Å². The molecule has 1 aliphatic heterocycles. The van der Waals surface area contributed by atoms with E-state index in [-0.39, 0.29) is 5.91 Å². The Kier molecular flexibility index (Phi) is 7.06. The van der Waals surface area contributed by atoms with E-state index in [4.69, 9.17) is 4.98 Å². The van der Waals surface area contributed by atoms with Crippen LogP contribution in [-0.4, -0.2) is 51.9 Å². The minimum absolute atomic E-state index is 0.00785. The molecule has 4 rings (SSSR count). The fourth-order valence-electron chi connectivity index (χ4n) is 3.99. The third-order valence-corrected chi connectivity index (χ3v) is 6.54. The summed E-state index contributed by atoms with van der Waals surface area (Å²) in [4.78, 5) is 28.1. The predicted molar refractivity (Wildman–Crippen MR) is 126 cm³/mol. The third-order valence-electron chi connectivity index (χ3n) is 5.67. The first-order valence-corrected chi connectivity index (χ1v) is 11.7. The molecule has 0 N–H and O–H groups in total. The van der Waals surface area contributed by atoms with E-state index in [9.17, 15) is 4.79 Å². The molecule has 1 aliphatic rings. The highest BCUT2D eigenvalue weighted by Gasteiger charge is 2.22. The highest BCUT2D eigenvalue weighted by Crippen LogP contribution is 2.32. The largest absolute Gasteiger partial charge is 0.297 e. The summed E-state index contributed by atoms with van der Waals surface area (Å²) in [6.07, 6.45) is 4.59. The summed E-state index contributed by atoms with van der Waals surface area (Å²) in [5, 5.41) is 2.84. The van der Waals surface area contributed by atoms with Gasteiger partial charge in [-0.15, -0.1) is 11.3 Å². The molecule has 0 radical (unpaired) electrons. The normalized spacial score (nSPS) is 15.2. The van der Waals surface area contributed by atoms with Crippen LogP contribution in [0, 0.1) is 0 Å². The topological polar surface area (TPSA) is 52.6 Å². The Balaban J connectivity index is 1.38. The van der Waals surface area contributed by atoms with Crippen LogP contribution in [0.25, 0.3) is 0 Å². The molecule has 31 heavy (non-hydrogen) atoms. The molecule has 1 aromatic carbocycles. The zero-order chi connectivity index (χ0) is 21.6. The van der Waals surface area contributed by atoms with Crippen molar-refractivity contribution in [3.63, 3.8) is 0 Å². The molecule has 2 aromatic heterocycles. The molecule has 0 saturated carbocycles. The summed E-state index contributed by atoms with van der Waals surface area (Å²) in [6.45, 7) is 9.64. The van der Waals surface area contributed by atoms with E-state index in [1.807, 2.05) is 30.6 Å². The van der Waals surface area contributed by atoms with Gasteiger partial charge >= 0.3 is 0 Å². The van der Waals surface area contributed by atoms with Gasteiger partial charge in [0.25, 0.3) is 0 Å². The number of benzene rings is 1. The van der Waals surface area contributed by atoms with Gasteiger partial charge in [0.1, 0.15) is 0 Å². The standard InChI is InChI=1S/C24H29N5OS/c1-3-21-6-4-5-7-23(21)29(19(2)30)24-26-22(18-31-24)17-28-14-12-27(13-15-28)16-20-8-10-25-11-9-20/h4-11,18H,3,12-17H2,1-2H3. The fourth-order valence-corrected chi connectivity index (χ4v) is 4.86. The van der Waals surface area contributed by atoms with Crippen molar-refractivity contribution in [3.05, 3.63) is 71.0 Å². The van der Waals surface area contributed by atoms with Gasteiger partial charge in [-0.05, 0) is 35.7 Å². The SMILES string of the molecule is CCc1ccccc1N(C(C)=O)c1nc(CN2CCN(Cc3ccncc3)CC2)cs1. The molecular weight excluding hydrogens is 406 g/mol. The average molecular weight is 436 g/mol. The number of nitrogens with zero attached hydrogens (tertiary/aromatic N) is 5. The Labute approximate surface area is 188 Å². The number of pyridine rings is 1. The number of aryl methyl sites for hydroxylation is 1. The van der Waals surface area contributed by atoms with E-state index >= 15 is 0 Å². The molecule has 1 amide bonds. The Morgan fingerprint density at radius 2 is 1.71 bits per heavy atom. The number of hydrogen-bond acceptors (Lipinski definition) is 6. The lowest BCUT2D eigenvalue weighted by molar-refractivity contribution is -0.115. The van der Waals surface area contributed by atoms with Gasteiger partial charge in [-0.3, -0.25) is 24.5 Å². The van der Waals surface area contributed by atoms with Gasteiger partial charge in [0, 0.05) is 64.0 Å². The number of anilines is 2. The smallest absolute Gasteiger partial charge is 0.230 e. The summed E-state index contributed by atoms with van der Waals surface area (Å²) in [6, 6.07) is 12.2. The van der Waals surface area contributed by atoms with Crippen molar-refractivity contribution >= 4 is 28.1 Å². The minimum Gasteiger partial charge on any atom is -0.297 e. The number of thiazole rings is 1. The Morgan fingerprint density at radius 1 is 1.03 bits per heavy atom. The number of hydrogen-bond donors (Lipinski definition) is 0. The second kappa shape index (κ2) is 10.1. The number of piperazine rings is 1. The third kappa shape index (κ3) is 5.36. The number of aromatic nitrogens is 2. The van der Waals surface area contributed by atoms with E-state index in [0.717, 1.165) is 67.8 Å². The van der Waals surface area contributed by atoms with Gasteiger partial charge in [-0.25, -0.2) is 4.98 Å². The van der Waals surface area contributed by atoms with Crippen molar-refractivity contribution in [3.8, 4) is 0 Å². The van der Waals surface area contributed by atoms with Crippen LogP contribution in [0.15, 0.2) is 54.2 Å². The van der Waals surface area contributed by atoms with Crippen LogP contribution >= 0.6 is 11.3 Å². The van der Waals surface area contributed by atoms with Crippen molar-refractivity contribution < 1.29 is 4.79 Å². The summed E-state index contributed by atoms with van der Waals surface area (Å²) in [5.74, 6) is -0.00785. The number of carbonyl (C=O) groups excluding carboxylic acids is 1. The molecule has 0 aliphatic carbocycles. The lowest BCUT2D eigenvalue weighted by Gasteiger charge is -2.34. The lowest BCUT2D eigenvalue weighted by Crippen LogP contribution is -2.45. The lowest BCUT2D eigenvalue weighted by atomic mass is 10.1. The van der Waals surface area contributed by atoms with Gasteiger partial charge in [0.15, 0.2) is 5.13 Å². The van der Waals surface area contributed by atoms with E-state index < -0.39 is 0 Å². The molecule has 7 heteroatoms. The maximum absolute atomic E-state index is 12.5. The number of rotatable bonds is 7. The second-order valence-electron chi connectivity index (χ2n) is 7.87. The zero-order valence-corrected chi connectivity index (χ0v) is 19.0. The van der Waals surface area contributed by atoms with Gasteiger partial charge in [0.2, 0.25) is 5.91 Å². The molecule has 0 spiro atoms. The quantitative estimate of drug-likeness (QED) is 0.559. The maximum Gasteiger partial charge on any atom is 0.230 e. The van der Waals surface area contributed by atoms with Crippen molar-refractivity contribution in [2.75, 3.05) is 31.1 Å². The van der Waals surface area contributed by atoms with Crippen LogP contribution < -0.4 is 4.90 Å². The van der Waals surface area contributed by atoms with E-state index in [1.54, 1.807) is 23.2 Å². The molecule has 162 valence electrons. The molecule has 0 unspecified atom stereocenters. The van der Waals surface area contributed by atoms with E-state index in [0.29, 0.717) is 0 Å². The van der Waals surface area contributed by atoms with Gasteiger partial charge in [-0.1, -0.05) is 25.1 Å². The molecule has 0 atom stereocenters. The first-order valence-electron chi connectivity index (χ1n) is 10.8. The first-order chi connectivity index (χ1) is 15.1. The van der Waals surface area contributed by atoms with Crippen molar-refractivity contribution in [1.82, 2.24) is 19.8 Å². The van der Waals surface area contributed by atoms with Crippen LogP contribution in [0.2, 0.25) is 0 Å². The van der Waals surface area contributed by atoms with Crippen LogP contribution in [0.1, 0.15) is 30.7 Å². The molecule has 3 aromatic rings. The summed E-state index contributed by atoms with van der Waals surface area (Å²) < 4.78 is 0. The van der Waals surface area contributed by atoms with Crippen molar-refractivity contribution in [2.45, 2.75) is 33.4 Å². The molecule has 3 heterocycles. The predicted octanol–water partition coefficient (Wildman–Crippen LogP) is 4.10. The first kappa shape index (κ1) is 21.6. The summed E-state index contributed by atoms with van der Waals surface area (Å²) >= 11 is 1.54. The Hall–Kier alpha value is -2.61. The van der Waals surface area contributed by atoms with Gasteiger partial charge in [-0.2, -0.15) is 0 Å². The van der Waals surface area contributed by atoms with Crippen molar-refractivity contribution in [1.29, 1.82) is 0 Å². The highest BCUT2D eigenvalue weighted by molar-refractivity contribution is 7.14. The van der Waals surface area contributed by atoms with E-state index in [2.05, 4.69) is 45.3 Å². The average Bonchev–Trinajstić information content (AvgIpc) is 3.24. The van der Waals surface area contributed by atoms with Gasteiger partial charge in [0.05, 0.1) is 11.4 Å². The van der Waals surface area contributed by atoms with Crippen LogP contribution in [-0.2, 0) is 24.3 Å². The highest BCUT2D eigenvalue weighted by atomic mass is 32.1. The number of para-hydroxylation sites is 1. The Morgan fingerprint density at radius 3 is 2.39 bits per heavy atom. The molecule has 1 saturated heterocycles.